The van der Waals surface area contributed by atoms with E-state index in [2.05, 4.69) is 4.72 Å². The van der Waals surface area contributed by atoms with Crippen molar-refractivity contribution in [3.05, 3.63) is 53.6 Å². The molecule has 2 aromatic carbocycles. The molecule has 22 heavy (non-hydrogen) atoms. The molecule has 0 amide bonds. The zero-order chi connectivity index (χ0) is 16.3. The van der Waals surface area contributed by atoms with Crippen molar-refractivity contribution in [1.82, 2.24) is 0 Å². The zero-order valence-corrected chi connectivity index (χ0v) is 12.6. The average molecular weight is 321 g/mol. The van der Waals surface area contributed by atoms with Crippen molar-refractivity contribution in [1.29, 1.82) is 0 Å². The van der Waals surface area contributed by atoms with Gasteiger partial charge in [0, 0.05) is 5.69 Å². The summed E-state index contributed by atoms with van der Waals surface area (Å²) >= 11 is 0. The molecule has 0 aliphatic carbocycles. The number of aryl methyl sites for hydroxylation is 1. The van der Waals surface area contributed by atoms with Crippen molar-refractivity contribution in [2.75, 3.05) is 4.72 Å². The molecular weight excluding hydrogens is 306 g/mol. The molecule has 0 aliphatic rings. The van der Waals surface area contributed by atoms with Gasteiger partial charge in [-0.25, -0.2) is 13.2 Å². The quantitative estimate of drug-likeness (QED) is 0.734. The van der Waals surface area contributed by atoms with E-state index in [0.717, 1.165) is 24.1 Å². The lowest BCUT2D eigenvalue weighted by Crippen LogP contribution is -2.13. The number of aromatic carboxylic acids is 1. The van der Waals surface area contributed by atoms with Crippen molar-refractivity contribution >= 4 is 21.7 Å². The standard InChI is InChI=1S/C15H15NO5S/c1-2-10-3-6-12(7-4-10)22(20,21)16-11-5-8-14(17)13(9-11)15(18)19/h3-9,16-17H,2H2,1H3,(H,18,19). The summed E-state index contributed by atoms with van der Waals surface area (Å²) in [6.45, 7) is 1.96. The van der Waals surface area contributed by atoms with Gasteiger partial charge < -0.3 is 10.2 Å². The third-order valence-electron chi connectivity index (χ3n) is 3.12. The van der Waals surface area contributed by atoms with Crippen LogP contribution in [-0.2, 0) is 16.4 Å². The van der Waals surface area contributed by atoms with Crippen LogP contribution in [0.1, 0.15) is 22.8 Å². The van der Waals surface area contributed by atoms with Crippen LogP contribution in [0.2, 0.25) is 0 Å². The average Bonchev–Trinajstić information content (AvgIpc) is 2.48. The number of aromatic hydroxyl groups is 1. The van der Waals surface area contributed by atoms with Crippen LogP contribution in [0.3, 0.4) is 0 Å². The molecule has 116 valence electrons. The van der Waals surface area contributed by atoms with Crippen LogP contribution in [0.25, 0.3) is 0 Å². The van der Waals surface area contributed by atoms with E-state index in [9.17, 15) is 18.3 Å². The maximum absolute atomic E-state index is 12.2. The van der Waals surface area contributed by atoms with Crippen LogP contribution in [0.5, 0.6) is 5.75 Å². The lowest BCUT2D eigenvalue weighted by atomic mass is 10.2. The largest absolute Gasteiger partial charge is 0.507 e. The minimum absolute atomic E-state index is 0.0646. The monoisotopic (exact) mass is 321 g/mol. The van der Waals surface area contributed by atoms with E-state index in [1.165, 1.54) is 18.2 Å². The minimum Gasteiger partial charge on any atom is -0.507 e. The van der Waals surface area contributed by atoms with E-state index in [4.69, 9.17) is 5.11 Å². The minimum atomic E-state index is -3.82. The first-order valence-electron chi connectivity index (χ1n) is 6.51. The molecule has 2 rings (SSSR count). The second-order valence-corrected chi connectivity index (χ2v) is 6.32. The molecule has 0 aromatic heterocycles. The van der Waals surface area contributed by atoms with Crippen molar-refractivity contribution in [3.8, 4) is 5.75 Å². The lowest BCUT2D eigenvalue weighted by molar-refractivity contribution is 0.0694. The number of nitrogens with one attached hydrogen (secondary N) is 1. The fraction of sp³-hybridized carbons (Fsp3) is 0.133. The van der Waals surface area contributed by atoms with Crippen molar-refractivity contribution in [3.63, 3.8) is 0 Å². The molecule has 0 saturated heterocycles. The smallest absolute Gasteiger partial charge is 0.339 e. The number of hydrogen-bond acceptors (Lipinski definition) is 4. The number of hydrogen-bond donors (Lipinski definition) is 3. The first-order valence-corrected chi connectivity index (χ1v) is 8.00. The molecule has 0 fully saturated rings. The summed E-state index contributed by atoms with van der Waals surface area (Å²) < 4.78 is 26.8. The molecule has 2 aromatic rings. The molecule has 0 unspecified atom stereocenters. The van der Waals surface area contributed by atoms with Crippen molar-refractivity contribution < 1.29 is 23.4 Å². The summed E-state index contributed by atoms with van der Waals surface area (Å²) in [5.74, 6) is -1.77. The summed E-state index contributed by atoms with van der Waals surface area (Å²) in [5.41, 5.74) is 0.702. The first-order chi connectivity index (χ1) is 10.3. The lowest BCUT2D eigenvalue weighted by Gasteiger charge is -2.10. The van der Waals surface area contributed by atoms with E-state index >= 15 is 0 Å². The van der Waals surface area contributed by atoms with Crippen LogP contribution >= 0.6 is 0 Å². The normalized spacial score (nSPS) is 11.1. The maximum Gasteiger partial charge on any atom is 0.339 e. The Labute approximate surface area is 128 Å². The fourth-order valence-corrected chi connectivity index (χ4v) is 2.94. The van der Waals surface area contributed by atoms with E-state index in [0.29, 0.717) is 0 Å². The first kappa shape index (κ1) is 15.8. The highest BCUT2D eigenvalue weighted by molar-refractivity contribution is 7.92. The van der Waals surface area contributed by atoms with Gasteiger partial charge in [-0.3, -0.25) is 4.72 Å². The molecule has 0 radical (unpaired) electrons. The zero-order valence-electron chi connectivity index (χ0n) is 11.8. The van der Waals surface area contributed by atoms with Crippen molar-refractivity contribution in [2.45, 2.75) is 18.2 Å². The Kier molecular flexibility index (Phi) is 4.37. The maximum atomic E-state index is 12.2. The Morgan fingerprint density at radius 2 is 1.77 bits per heavy atom. The van der Waals surface area contributed by atoms with Crippen LogP contribution in [0, 0.1) is 0 Å². The van der Waals surface area contributed by atoms with E-state index in [1.54, 1.807) is 12.1 Å². The Morgan fingerprint density at radius 3 is 2.32 bits per heavy atom. The summed E-state index contributed by atoms with van der Waals surface area (Å²) in [6.07, 6.45) is 0.799. The SMILES string of the molecule is CCc1ccc(S(=O)(=O)Nc2ccc(O)c(C(=O)O)c2)cc1. The summed E-state index contributed by atoms with van der Waals surface area (Å²) in [5, 5.41) is 18.3. The highest BCUT2D eigenvalue weighted by atomic mass is 32.2. The van der Waals surface area contributed by atoms with Gasteiger partial charge in [-0.05, 0) is 42.3 Å². The molecule has 0 bridgehead atoms. The van der Waals surface area contributed by atoms with Gasteiger partial charge in [0.1, 0.15) is 11.3 Å². The van der Waals surface area contributed by atoms with E-state index < -0.39 is 21.7 Å². The van der Waals surface area contributed by atoms with Crippen LogP contribution in [0.4, 0.5) is 5.69 Å². The van der Waals surface area contributed by atoms with Gasteiger partial charge in [0.2, 0.25) is 0 Å². The van der Waals surface area contributed by atoms with Crippen LogP contribution in [0.15, 0.2) is 47.4 Å². The number of rotatable bonds is 5. The highest BCUT2D eigenvalue weighted by Crippen LogP contribution is 2.23. The molecule has 7 heteroatoms. The molecular formula is C15H15NO5S. The third-order valence-corrected chi connectivity index (χ3v) is 4.52. The van der Waals surface area contributed by atoms with Gasteiger partial charge in [-0.1, -0.05) is 19.1 Å². The number of phenols is 1. The van der Waals surface area contributed by atoms with E-state index in [-0.39, 0.29) is 16.1 Å². The van der Waals surface area contributed by atoms with Crippen LogP contribution in [-0.4, -0.2) is 24.6 Å². The summed E-state index contributed by atoms with van der Waals surface area (Å²) in [6, 6.07) is 9.89. The molecule has 0 saturated carbocycles. The number of anilines is 1. The highest BCUT2D eigenvalue weighted by Gasteiger charge is 2.16. The molecule has 0 heterocycles. The predicted octanol–water partition coefficient (Wildman–Crippen LogP) is 2.45. The number of carboxylic acids is 1. The Hall–Kier alpha value is -2.54. The number of carbonyl (C=O) groups is 1. The Balaban J connectivity index is 2.32. The Morgan fingerprint density at radius 1 is 1.14 bits per heavy atom. The number of benzene rings is 2. The van der Waals surface area contributed by atoms with Gasteiger partial charge in [0.05, 0.1) is 4.90 Å². The van der Waals surface area contributed by atoms with Crippen molar-refractivity contribution in [2.24, 2.45) is 0 Å². The number of sulfonamides is 1. The van der Waals surface area contributed by atoms with Gasteiger partial charge >= 0.3 is 5.97 Å². The molecule has 0 spiro atoms. The molecule has 3 N–H and O–H groups in total. The predicted molar refractivity (Wildman–Crippen MR) is 81.7 cm³/mol. The summed E-state index contributed by atoms with van der Waals surface area (Å²) in [7, 11) is -3.82. The van der Waals surface area contributed by atoms with E-state index in [1.807, 2.05) is 6.92 Å². The molecule has 6 nitrogen and oxygen atoms in total. The fourth-order valence-electron chi connectivity index (χ4n) is 1.89. The summed E-state index contributed by atoms with van der Waals surface area (Å²) in [4.78, 5) is 11.0. The Bertz CT molecular complexity index is 797. The van der Waals surface area contributed by atoms with Gasteiger partial charge in [-0.2, -0.15) is 0 Å². The molecule has 0 atom stereocenters. The topological polar surface area (TPSA) is 104 Å². The second-order valence-electron chi connectivity index (χ2n) is 4.64. The van der Waals surface area contributed by atoms with Gasteiger partial charge in [-0.15, -0.1) is 0 Å². The number of carboxylic acid groups (broad SMARTS) is 1. The van der Waals surface area contributed by atoms with Crippen LogP contribution < -0.4 is 4.72 Å². The van der Waals surface area contributed by atoms with Gasteiger partial charge in [0.15, 0.2) is 0 Å². The van der Waals surface area contributed by atoms with Gasteiger partial charge in [0.25, 0.3) is 10.0 Å². The molecule has 0 aliphatic heterocycles. The third kappa shape index (κ3) is 3.37. The second kappa shape index (κ2) is 6.07.